The number of carbonyl (C=O) groups excluding carboxylic acids is 1. The molecule has 6 N–H and O–H groups in total. The molecule has 0 amide bonds. The van der Waals surface area contributed by atoms with Crippen LogP contribution in [-0.4, -0.2) is 118 Å². The van der Waals surface area contributed by atoms with E-state index in [0.29, 0.717) is 11.8 Å². The lowest BCUT2D eigenvalue weighted by Gasteiger charge is -2.71. The van der Waals surface area contributed by atoms with Crippen LogP contribution in [-0.2, 0) is 28.5 Å². The first kappa shape index (κ1) is 42.0. The highest BCUT2D eigenvalue weighted by molar-refractivity contribution is 5.78. The Labute approximate surface area is 327 Å². The highest BCUT2D eigenvalue weighted by Crippen LogP contribution is 2.76. The molecule has 7 aliphatic rings. The van der Waals surface area contributed by atoms with Crippen molar-refractivity contribution in [3.05, 3.63) is 11.6 Å². The van der Waals surface area contributed by atoms with Gasteiger partial charge in [-0.2, -0.15) is 0 Å². The Morgan fingerprint density at radius 2 is 1.45 bits per heavy atom. The van der Waals surface area contributed by atoms with Gasteiger partial charge in [0.2, 0.25) is 0 Å². The van der Waals surface area contributed by atoms with Crippen molar-refractivity contribution >= 4 is 5.97 Å². The molecule has 12 heteroatoms. The van der Waals surface area contributed by atoms with Gasteiger partial charge in [-0.25, -0.2) is 0 Å². The number of ether oxygens (including phenoxy) is 5. The summed E-state index contributed by atoms with van der Waals surface area (Å²) in [5, 5.41) is 64.0. The van der Waals surface area contributed by atoms with E-state index in [0.717, 1.165) is 64.2 Å². The van der Waals surface area contributed by atoms with Gasteiger partial charge in [0.05, 0.1) is 31.3 Å². The summed E-state index contributed by atoms with van der Waals surface area (Å²) < 4.78 is 29.8. The molecule has 2 heterocycles. The molecular formula is C43H70O12. The van der Waals surface area contributed by atoms with Crippen molar-refractivity contribution in [1.82, 2.24) is 0 Å². The number of aliphatic hydroxyl groups is 6. The predicted octanol–water partition coefficient (Wildman–Crippen LogP) is 4.00. The molecule has 0 spiro atoms. The van der Waals surface area contributed by atoms with E-state index in [1.807, 2.05) is 0 Å². The lowest BCUT2D eigenvalue weighted by Crippen LogP contribution is -2.66. The van der Waals surface area contributed by atoms with Crippen molar-refractivity contribution in [2.75, 3.05) is 13.7 Å². The number of fused-ring (bicyclic) bond motifs is 7. The first-order chi connectivity index (χ1) is 25.6. The van der Waals surface area contributed by atoms with Gasteiger partial charge in [-0.3, -0.25) is 4.79 Å². The number of aliphatic hydroxyl groups excluding tert-OH is 6. The van der Waals surface area contributed by atoms with Crippen LogP contribution in [0.2, 0.25) is 0 Å². The molecule has 314 valence electrons. The van der Waals surface area contributed by atoms with Crippen LogP contribution in [0.1, 0.15) is 120 Å². The highest BCUT2D eigenvalue weighted by atomic mass is 16.7. The summed E-state index contributed by atoms with van der Waals surface area (Å²) in [5.41, 5.74) is 0.903. The largest absolute Gasteiger partial charge is 0.469 e. The summed E-state index contributed by atoms with van der Waals surface area (Å²) in [6.45, 7) is 17.7. The number of methoxy groups -OCH3 is 1. The minimum absolute atomic E-state index is 0.00217. The molecule has 2 aliphatic heterocycles. The van der Waals surface area contributed by atoms with Crippen LogP contribution >= 0.6 is 0 Å². The lowest BCUT2D eigenvalue weighted by atomic mass is 9.33. The third-order valence-electron chi connectivity index (χ3n) is 17.4. The zero-order chi connectivity index (χ0) is 40.3. The standard InChI is InChI=1S/C43H70O12/c1-22-29(45)31(47)32(48)35(52-22)55-34-30(46)25(21-44)53-36(33(34)49)54-28-13-14-40(6)26(39(28,4)5)12-15-42(8)27(40)11-10-23-24-20-38(2,3)16-18-43(24,37(50)51-9)19-17-41(23,42)7/h10,22,24-36,44-49H,11-21H2,1-9H3/t22-,24-,25+,26-,27+,28-,29-,30+,31+,32+,33+,34-,35-,36-,40-,41+,42+,43-/m0/s1. The van der Waals surface area contributed by atoms with Crippen LogP contribution in [0.15, 0.2) is 11.6 Å². The summed E-state index contributed by atoms with van der Waals surface area (Å²) in [5.74, 6) is 0.887. The molecule has 0 aromatic heterocycles. The second-order valence-electron chi connectivity index (χ2n) is 20.8. The molecule has 4 saturated carbocycles. The van der Waals surface area contributed by atoms with Gasteiger partial charge < -0.3 is 54.3 Å². The zero-order valence-corrected chi connectivity index (χ0v) is 34.6. The fourth-order valence-corrected chi connectivity index (χ4v) is 13.8. The first-order valence-electron chi connectivity index (χ1n) is 21.0. The van der Waals surface area contributed by atoms with E-state index in [-0.39, 0.29) is 45.1 Å². The molecule has 12 nitrogen and oxygen atoms in total. The van der Waals surface area contributed by atoms with Crippen molar-refractivity contribution in [2.24, 2.45) is 50.2 Å². The maximum absolute atomic E-state index is 13.6. The van der Waals surface area contributed by atoms with Crippen molar-refractivity contribution in [2.45, 2.75) is 187 Å². The van der Waals surface area contributed by atoms with Crippen LogP contribution in [0.25, 0.3) is 0 Å². The lowest BCUT2D eigenvalue weighted by molar-refractivity contribution is -0.367. The minimum atomic E-state index is -1.64. The Morgan fingerprint density at radius 1 is 0.782 bits per heavy atom. The Bertz CT molecular complexity index is 1480. The highest BCUT2D eigenvalue weighted by Gasteiger charge is 2.70. The molecule has 0 unspecified atom stereocenters. The third kappa shape index (κ3) is 6.24. The van der Waals surface area contributed by atoms with Crippen LogP contribution < -0.4 is 0 Å². The number of carbonyl (C=O) groups is 1. The van der Waals surface area contributed by atoms with E-state index in [9.17, 15) is 35.4 Å². The van der Waals surface area contributed by atoms with Crippen molar-refractivity contribution < 1.29 is 59.1 Å². The topological polar surface area (TPSA) is 185 Å². The van der Waals surface area contributed by atoms with Gasteiger partial charge in [0.25, 0.3) is 0 Å². The van der Waals surface area contributed by atoms with Crippen LogP contribution in [0.5, 0.6) is 0 Å². The van der Waals surface area contributed by atoms with Gasteiger partial charge in [0.15, 0.2) is 12.6 Å². The number of allylic oxidation sites excluding steroid dienone is 2. The van der Waals surface area contributed by atoms with Gasteiger partial charge >= 0.3 is 5.97 Å². The van der Waals surface area contributed by atoms with E-state index >= 15 is 0 Å². The predicted molar refractivity (Wildman–Crippen MR) is 201 cm³/mol. The normalized spacial score (nSPS) is 53.1. The van der Waals surface area contributed by atoms with Crippen molar-refractivity contribution in [3.63, 3.8) is 0 Å². The van der Waals surface area contributed by atoms with E-state index in [1.54, 1.807) is 7.11 Å². The average Bonchev–Trinajstić information content (AvgIpc) is 3.13. The zero-order valence-electron chi connectivity index (χ0n) is 34.6. The Hall–Kier alpha value is -1.19. The molecular weight excluding hydrogens is 708 g/mol. The number of hydrogen-bond acceptors (Lipinski definition) is 12. The molecule has 0 bridgehead atoms. The van der Waals surface area contributed by atoms with E-state index in [4.69, 9.17) is 23.7 Å². The molecule has 55 heavy (non-hydrogen) atoms. The van der Waals surface area contributed by atoms with E-state index < -0.39 is 73.4 Å². The first-order valence-corrected chi connectivity index (χ1v) is 21.0. The fourth-order valence-electron chi connectivity index (χ4n) is 13.8. The quantitative estimate of drug-likeness (QED) is 0.130. The summed E-state index contributed by atoms with van der Waals surface area (Å²) in [6, 6.07) is 0. The summed E-state index contributed by atoms with van der Waals surface area (Å²) in [7, 11) is 1.55. The Morgan fingerprint density at radius 3 is 2.13 bits per heavy atom. The molecule has 5 aliphatic carbocycles. The summed E-state index contributed by atoms with van der Waals surface area (Å²) >= 11 is 0. The average molecular weight is 779 g/mol. The summed E-state index contributed by atoms with van der Waals surface area (Å²) in [6.07, 6.45) is -1.98. The maximum Gasteiger partial charge on any atom is 0.312 e. The van der Waals surface area contributed by atoms with Gasteiger partial charge in [-0.15, -0.1) is 0 Å². The number of esters is 1. The van der Waals surface area contributed by atoms with Crippen LogP contribution in [0.4, 0.5) is 0 Å². The fraction of sp³-hybridized carbons (Fsp3) is 0.930. The number of hydrogen-bond donors (Lipinski definition) is 6. The monoisotopic (exact) mass is 778 g/mol. The SMILES string of the molecule is COC(=O)[C@]12CCC(C)(C)C[C@H]1C1=CC[C@@H]3[C@@]4(C)CC[C@H](O[C@@H]5O[C@H](CO)[C@@H](O)[C@H](O[C@@H]6O[C@@H](C)[C@H](O)[C@@H](O)[C@H]6O)[C@H]5O)C(C)(C)[C@@H]4CC[C@@]3(C)[C@]1(C)CC2. The van der Waals surface area contributed by atoms with E-state index in [2.05, 4.69) is 54.5 Å². The molecule has 2 saturated heterocycles. The maximum atomic E-state index is 13.6. The minimum Gasteiger partial charge on any atom is -0.469 e. The second-order valence-corrected chi connectivity index (χ2v) is 20.8. The Kier molecular flexibility index (Phi) is 10.9. The van der Waals surface area contributed by atoms with Gasteiger partial charge in [0, 0.05) is 0 Å². The molecule has 0 aromatic rings. The van der Waals surface area contributed by atoms with Crippen molar-refractivity contribution in [3.8, 4) is 0 Å². The van der Waals surface area contributed by atoms with Crippen LogP contribution in [0.3, 0.4) is 0 Å². The Balaban J connectivity index is 1.12. The second kappa shape index (κ2) is 14.2. The van der Waals surface area contributed by atoms with E-state index in [1.165, 1.54) is 12.5 Å². The van der Waals surface area contributed by atoms with Crippen molar-refractivity contribution in [1.29, 1.82) is 0 Å². The van der Waals surface area contributed by atoms with Gasteiger partial charge in [-0.1, -0.05) is 60.1 Å². The summed E-state index contributed by atoms with van der Waals surface area (Å²) in [4.78, 5) is 13.6. The number of rotatable bonds is 6. The molecule has 18 atom stereocenters. The molecule has 0 radical (unpaired) electrons. The smallest absolute Gasteiger partial charge is 0.312 e. The third-order valence-corrected chi connectivity index (χ3v) is 17.4. The molecule has 0 aromatic carbocycles. The molecule has 7 rings (SSSR count). The van der Waals surface area contributed by atoms with Gasteiger partial charge in [0.1, 0.15) is 42.7 Å². The van der Waals surface area contributed by atoms with Crippen LogP contribution in [0, 0.1) is 50.2 Å². The molecule has 6 fully saturated rings. The van der Waals surface area contributed by atoms with Gasteiger partial charge in [-0.05, 0) is 116 Å².